The van der Waals surface area contributed by atoms with Gasteiger partial charge in [0.15, 0.2) is 5.78 Å². The van der Waals surface area contributed by atoms with E-state index in [2.05, 4.69) is 21.4 Å². The second-order valence-corrected chi connectivity index (χ2v) is 9.40. The van der Waals surface area contributed by atoms with Gasteiger partial charge in [-0.25, -0.2) is 4.98 Å². The number of rotatable bonds is 5. The average Bonchev–Trinajstić information content (AvgIpc) is 2.82. The summed E-state index contributed by atoms with van der Waals surface area (Å²) >= 11 is 0. The van der Waals surface area contributed by atoms with E-state index in [0.29, 0.717) is 47.4 Å². The number of hydrogen-bond acceptors (Lipinski definition) is 7. The summed E-state index contributed by atoms with van der Waals surface area (Å²) in [5.41, 5.74) is -0.0320. The van der Waals surface area contributed by atoms with Gasteiger partial charge in [-0.15, -0.1) is 0 Å². The first-order valence-electron chi connectivity index (χ1n) is 11.5. The molecule has 1 aromatic carbocycles. The molecule has 3 heterocycles. The Bertz CT molecular complexity index is 1380. The standard InChI is InChI=1S/C26H24F3N5O3/c1-4-20-22(35)19(26(27,28)29)9-21(33-20)24(36)32-17-6-5-14(2)18(8-17)16-7-15(10-30)23(31-11-16)34-12-25(3,37)13-34/h5-9,11,20,37H,4,12-13H2,1-3H3,(H,32,36). The van der Waals surface area contributed by atoms with E-state index in [9.17, 15) is 33.1 Å². The number of Topliss-reactive ketones (excluding diaryl/α,β-unsaturated/α-hetero) is 1. The Hall–Kier alpha value is -4.04. The Labute approximate surface area is 211 Å². The SMILES string of the molecule is CCC1N=C(C(=O)Nc2ccc(C)c(-c3cnc(N4CC(C)(O)C4)c(C#N)c3)c2)C=C(C(F)(F)F)C1=O. The third-order valence-corrected chi connectivity index (χ3v) is 6.22. The van der Waals surface area contributed by atoms with E-state index in [1.165, 1.54) is 6.92 Å². The second kappa shape index (κ2) is 9.44. The van der Waals surface area contributed by atoms with Crippen LogP contribution in [0.5, 0.6) is 0 Å². The minimum Gasteiger partial charge on any atom is -0.386 e. The monoisotopic (exact) mass is 511 g/mol. The highest BCUT2D eigenvalue weighted by Crippen LogP contribution is 2.33. The maximum atomic E-state index is 13.3. The van der Waals surface area contributed by atoms with Gasteiger partial charge in [-0.05, 0) is 55.7 Å². The molecule has 1 fully saturated rings. The van der Waals surface area contributed by atoms with Crippen LogP contribution in [0.15, 0.2) is 47.1 Å². The number of benzene rings is 1. The molecule has 2 N–H and O–H groups in total. The maximum Gasteiger partial charge on any atom is 0.419 e. The zero-order chi connectivity index (χ0) is 27.1. The fourth-order valence-corrected chi connectivity index (χ4v) is 4.34. The highest BCUT2D eigenvalue weighted by molar-refractivity contribution is 6.48. The van der Waals surface area contributed by atoms with Crippen LogP contribution in [0.25, 0.3) is 11.1 Å². The van der Waals surface area contributed by atoms with Crippen molar-refractivity contribution in [3.05, 3.63) is 53.2 Å². The van der Waals surface area contributed by atoms with Crippen molar-refractivity contribution in [2.24, 2.45) is 4.99 Å². The maximum absolute atomic E-state index is 13.3. The predicted molar refractivity (Wildman–Crippen MR) is 131 cm³/mol. The Kier molecular flexibility index (Phi) is 6.64. The Morgan fingerprint density at radius 1 is 1.32 bits per heavy atom. The van der Waals surface area contributed by atoms with Crippen molar-refractivity contribution in [1.82, 2.24) is 4.98 Å². The van der Waals surface area contributed by atoms with E-state index >= 15 is 0 Å². The summed E-state index contributed by atoms with van der Waals surface area (Å²) in [5, 5.41) is 22.2. The Morgan fingerprint density at radius 3 is 2.62 bits per heavy atom. The zero-order valence-corrected chi connectivity index (χ0v) is 20.3. The van der Waals surface area contributed by atoms with Crippen LogP contribution in [0.2, 0.25) is 0 Å². The van der Waals surface area contributed by atoms with E-state index in [1.807, 2.05) is 6.92 Å². The number of aryl methyl sites for hydroxylation is 1. The number of alkyl halides is 3. The molecule has 0 saturated carbocycles. The molecule has 4 rings (SSSR count). The van der Waals surface area contributed by atoms with Gasteiger partial charge in [0.05, 0.1) is 11.2 Å². The number of β-amino-alcohol motifs (C(OH)–C–C–N with tert-alkyl or cyclic N) is 1. The summed E-state index contributed by atoms with van der Waals surface area (Å²) < 4.78 is 40.0. The van der Waals surface area contributed by atoms with Gasteiger partial charge in [-0.3, -0.25) is 14.6 Å². The molecule has 1 atom stereocenters. The van der Waals surface area contributed by atoms with Crippen LogP contribution < -0.4 is 10.2 Å². The van der Waals surface area contributed by atoms with E-state index in [0.717, 1.165) is 5.56 Å². The Morgan fingerprint density at radius 2 is 2.03 bits per heavy atom. The van der Waals surface area contributed by atoms with Crippen molar-refractivity contribution in [1.29, 1.82) is 5.26 Å². The number of carbonyl (C=O) groups is 2. The molecule has 8 nitrogen and oxygen atoms in total. The summed E-state index contributed by atoms with van der Waals surface area (Å²) in [7, 11) is 0. The number of amides is 1. The molecular weight excluding hydrogens is 487 g/mol. The topological polar surface area (TPSA) is 119 Å². The van der Waals surface area contributed by atoms with Crippen LogP contribution in [0, 0.1) is 18.3 Å². The fourth-order valence-electron chi connectivity index (χ4n) is 4.34. The Balaban J connectivity index is 1.61. The molecule has 1 aromatic heterocycles. The number of halogens is 3. The van der Waals surface area contributed by atoms with Crippen LogP contribution in [0.4, 0.5) is 24.7 Å². The number of pyridine rings is 1. The summed E-state index contributed by atoms with van der Waals surface area (Å²) in [4.78, 5) is 35.0. The molecule has 0 spiro atoms. The van der Waals surface area contributed by atoms with Crippen LogP contribution in [-0.2, 0) is 9.59 Å². The molecule has 2 aromatic rings. The van der Waals surface area contributed by atoms with Gasteiger partial charge in [0.25, 0.3) is 5.91 Å². The molecule has 192 valence electrons. The third kappa shape index (κ3) is 5.24. The van der Waals surface area contributed by atoms with Crippen LogP contribution >= 0.6 is 0 Å². The molecule has 1 unspecified atom stereocenters. The van der Waals surface area contributed by atoms with E-state index < -0.39 is 40.8 Å². The summed E-state index contributed by atoms with van der Waals surface area (Å²) in [5.74, 6) is -1.57. The van der Waals surface area contributed by atoms with E-state index in [4.69, 9.17) is 0 Å². The number of aliphatic hydroxyl groups is 1. The average molecular weight is 512 g/mol. The molecule has 2 aliphatic rings. The molecule has 37 heavy (non-hydrogen) atoms. The van der Waals surface area contributed by atoms with Crippen LogP contribution in [0.1, 0.15) is 31.4 Å². The van der Waals surface area contributed by atoms with Gasteiger partial charge in [-0.1, -0.05) is 13.0 Å². The van der Waals surface area contributed by atoms with Crippen LogP contribution in [0.3, 0.4) is 0 Å². The second-order valence-electron chi connectivity index (χ2n) is 9.40. The number of nitrogens with zero attached hydrogens (tertiary/aromatic N) is 4. The van der Waals surface area contributed by atoms with Crippen molar-refractivity contribution in [3.8, 4) is 17.2 Å². The highest BCUT2D eigenvalue weighted by atomic mass is 19.4. The van der Waals surface area contributed by atoms with Crippen molar-refractivity contribution in [2.75, 3.05) is 23.3 Å². The van der Waals surface area contributed by atoms with E-state index in [-0.39, 0.29) is 6.42 Å². The molecule has 0 aliphatic carbocycles. The largest absolute Gasteiger partial charge is 0.419 e. The number of aliphatic imine (C=N–C) groups is 1. The summed E-state index contributed by atoms with van der Waals surface area (Å²) in [6.45, 7) is 5.76. The predicted octanol–water partition coefficient (Wildman–Crippen LogP) is 3.73. The number of hydrogen-bond donors (Lipinski definition) is 2. The lowest BCUT2D eigenvalue weighted by molar-refractivity contribution is -0.130. The minimum atomic E-state index is -4.90. The van der Waals surface area contributed by atoms with Gasteiger partial charge in [0, 0.05) is 30.5 Å². The first kappa shape index (κ1) is 26.0. The van der Waals surface area contributed by atoms with Crippen molar-refractivity contribution in [3.63, 3.8) is 0 Å². The van der Waals surface area contributed by atoms with Gasteiger partial charge in [0.1, 0.15) is 29.2 Å². The zero-order valence-electron chi connectivity index (χ0n) is 20.3. The van der Waals surface area contributed by atoms with Crippen molar-refractivity contribution in [2.45, 2.75) is 45.0 Å². The van der Waals surface area contributed by atoms with E-state index in [1.54, 1.807) is 42.3 Å². The number of ketones is 1. The first-order valence-corrected chi connectivity index (χ1v) is 11.5. The molecular formula is C26H24F3N5O3. The third-order valence-electron chi connectivity index (χ3n) is 6.22. The number of nitrogens with one attached hydrogen (secondary N) is 1. The van der Waals surface area contributed by atoms with Gasteiger partial charge in [-0.2, -0.15) is 18.4 Å². The molecule has 0 bridgehead atoms. The first-order chi connectivity index (χ1) is 17.3. The summed E-state index contributed by atoms with van der Waals surface area (Å²) in [6, 6.07) is 7.44. The minimum absolute atomic E-state index is 0.0247. The van der Waals surface area contributed by atoms with Gasteiger partial charge < -0.3 is 15.3 Å². The lowest BCUT2D eigenvalue weighted by Crippen LogP contribution is -2.60. The number of carbonyl (C=O) groups excluding carboxylic acids is 2. The fraction of sp³-hybridized carbons (Fsp3) is 0.346. The number of nitriles is 1. The normalized spacial score (nSPS) is 18.9. The number of aromatic nitrogens is 1. The molecule has 1 saturated heterocycles. The summed E-state index contributed by atoms with van der Waals surface area (Å²) in [6.07, 6.45) is -2.81. The van der Waals surface area contributed by atoms with Gasteiger partial charge in [0.2, 0.25) is 0 Å². The highest BCUT2D eigenvalue weighted by Gasteiger charge is 2.43. The van der Waals surface area contributed by atoms with Crippen molar-refractivity contribution >= 4 is 28.9 Å². The number of dihydropyridines is 1. The number of anilines is 2. The van der Waals surface area contributed by atoms with Gasteiger partial charge >= 0.3 is 6.18 Å². The molecule has 1 amide bonds. The quantitative estimate of drug-likeness (QED) is 0.632. The molecule has 2 aliphatic heterocycles. The molecule has 11 heteroatoms. The smallest absolute Gasteiger partial charge is 0.386 e. The van der Waals surface area contributed by atoms with Crippen molar-refractivity contribution < 1.29 is 27.9 Å². The lowest BCUT2D eigenvalue weighted by Gasteiger charge is -2.45. The molecule has 0 radical (unpaired) electrons. The lowest BCUT2D eigenvalue weighted by atomic mass is 9.95. The van der Waals surface area contributed by atoms with Crippen LogP contribution in [-0.4, -0.2) is 58.4 Å².